The smallest absolute Gasteiger partial charge is 0.0766 e. The van der Waals surface area contributed by atoms with Gasteiger partial charge < -0.3 is 5.32 Å². The van der Waals surface area contributed by atoms with Gasteiger partial charge in [-0.25, -0.2) is 0 Å². The summed E-state index contributed by atoms with van der Waals surface area (Å²) in [6.07, 6.45) is 7.32. The molecule has 0 fully saturated rings. The molecule has 1 aromatic heterocycles. The van der Waals surface area contributed by atoms with Gasteiger partial charge in [-0.15, -0.1) is 0 Å². The number of hydrogen-bond acceptors (Lipinski definition) is 2. The van der Waals surface area contributed by atoms with Crippen LogP contribution in [0.3, 0.4) is 0 Å². The third-order valence-electron chi connectivity index (χ3n) is 4.42. The van der Waals surface area contributed by atoms with Crippen LogP contribution in [0.2, 0.25) is 0 Å². The second kappa shape index (κ2) is 6.35. The third-order valence-corrected chi connectivity index (χ3v) is 5.28. The standard InChI is InChI=1S/C18H23BrN2/c1-3-11-20-18-13-7-5-4-6-8-16(13)21-17-12(2)15(19)10-9-14(17)18/h9-10H,3-8,11H2,1-2H3,(H,20,21). The molecule has 0 bridgehead atoms. The number of benzene rings is 1. The number of rotatable bonds is 3. The van der Waals surface area contributed by atoms with Crippen molar-refractivity contribution in [2.45, 2.75) is 52.4 Å². The number of nitrogens with zero attached hydrogens (tertiary/aromatic N) is 1. The van der Waals surface area contributed by atoms with E-state index < -0.39 is 0 Å². The van der Waals surface area contributed by atoms with Crippen LogP contribution >= 0.6 is 15.9 Å². The highest BCUT2D eigenvalue weighted by Crippen LogP contribution is 2.35. The quantitative estimate of drug-likeness (QED) is 0.753. The molecule has 2 aromatic rings. The maximum absolute atomic E-state index is 5.03. The van der Waals surface area contributed by atoms with Gasteiger partial charge in [0.1, 0.15) is 0 Å². The summed E-state index contributed by atoms with van der Waals surface area (Å²) in [5.41, 5.74) is 6.53. The lowest BCUT2D eigenvalue weighted by Gasteiger charge is -2.18. The highest BCUT2D eigenvalue weighted by molar-refractivity contribution is 9.10. The van der Waals surface area contributed by atoms with E-state index in [1.54, 1.807) is 0 Å². The summed E-state index contributed by atoms with van der Waals surface area (Å²) in [6, 6.07) is 4.36. The van der Waals surface area contributed by atoms with Crippen molar-refractivity contribution in [1.82, 2.24) is 4.98 Å². The van der Waals surface area contributed by atoms with Crippen LogP contribution < -0.4 is 5.32 Å². The average Bonchev–Trinajstić information content (AvgIpc) is 2.73. The topological polar surface area (TPSA) is 24.9 Å². The lowest BCUT2D eigenvalue weighted by molar-refractivity contribution is 0.709. The van der Waals surface area contributed by atoms with Gasteiger partial charge >= 0.3 is 0 Å². The van der Waals surface area contributed by atoms with Crippen molar-refractivity contribution in [3.8, 4) is 0 Å². The summed E-state index contributed by atoms with van der Waals surface area (Å²) in [5, 5.41) is 4.97. The number of aromatic nitrogens is 1. The van der Waals surface area contributed by atoms with Crippen LogP contribution in [0.1, 0.15) is 49.4 Å². The first kappa shape index (κ1) is 14.8. The van der Waals surface area contributed by atoms with Gasteiger partial charge in [-0.1, -0.05) is 29.3 Å². The van der Waals surface area contributed by atoms with E-state index in [0.717, 1.165) is 29.4 Å². The zero-order valence-electron chi connectivity index (χ0n) is 12.9. The molecule has 3 rings (SSSR count). The molecule has 0 aliphatic heterocycles. The SMILES string of the molecule is CCCNc1c2c(nc3c(C)c(Br)ccc13)CCCCC2. The number of hydrogen-bond donors (Lipinski definition) is 1. The summed E-state index contributed by atoms with van der Waals surface area (Å²) < 4.78 is 1.15. The van der Waals surface area contributed by atoms with Crippen LogP contribution in [0.4, 0.5) is 5.69 Å². The molecule has 0 atom stereocenters. The molecule has 21 heavy (non-hydrogen) atoms. The van der Waals surface area contributed by atoms with Crippen molar-refractivity contribution >= 4 is 32.5 Å². The van der Waals surface area contributed by atoms with Gasteiger partial charge in [-0.3, -0.25) is 4.98 Å². The molecule has 112 valence electrons. The first-order valence-corrected chi connectivity index (χ1v) is 8.86. The molecule has 1 aromatic carbocycles. The molecule has 1 aliphatic rings. The van der Waals surface area contributed by atoms with Crippen molar-refractivity contribution in [2.75, 3.05) is 11.9 Å². The summed E-state index contributed by atoms with van der Waals surface area (Å²) in [7, 11) is 0. The molecular formula is C18H23BrN2. The second-order valence-corrected chi connectivity index (χ2v) is 6.82. The number of aryl methyl sites for hydroxylation is 2. The Labute approximate surface area is 135 Å². The average molecular weight is 347 g/mol. The van der Waals surface area contributed by atoms with E-state index in [0.29, 0.717) is 0 Å². The van der Waals surface area contributed by atoms with Crippen LogP contribution in [0.25, 0.3) is 10.9 Å². The first-order valence-electron chi connectivity index (χ1n) is 8.06. The predicted molar refractivity (Wildman–Crippen MR) is 94.2 cm³/mol. The minimum Gasteiger partial charge on any atom is -0.384 e. The van der Waals surface area contributed by atoms with Crippen LogP contribution in [0.15, 0.2) is 16.6 Å². The molecule has 1 heterocycles. The van der Waals surface area contributed by atoms with Crippen LogP contribution in [-0.2, 0) is 12.8 Å². The van der Waals surface area contributed by atoms with E-state index in [4.69, 9.17) is 4.98 Å². The monoisotopic (exact) mass is 346 g/mol. The minimum absolute atomic E-state index is 1.03. The fraction of sp³-hybridized carbons (Fsp3) is 0.500. The van der Waals surface area contributed by atoms with Crippen molar-refractivity contribution in [1.29, 1.82) is 0 Å². The van der Waals surface area contributed by atoms with Crippen molar-refractivity contribution in [3.05, 3.63) is 33.4 Å². The fourth-order valence-corrected chi connectivity index (χ4v) is 3.55. The molecule has 0 unspecified atom stereocenters. The zero-order chi connectivity index (χ0) is 14.8. The van der Waals surface area contributed by atoms with Crippen LogP contribution in [0, 0.1) is 6.92 Å². The maximum atomic E-state index is 5.03. The van der Waals surface area contributed by atoms with Gasteiger partial charge in [0, 0.05) is 27.8 Å². The Morgan fingerprint density at radius 2 is 2.00 bits per heavy atom. The lowest BCUT2D eigenvalue weighted by atomic mass is 10.00. The van der Waals surface area contributed by atoms with Gasteiger partial charge in [0.2, 0.25) is 0 Å². The van der Waals surface area contributed by atoms with E-state index in [1.165, 1.54) is 53.6 Å². The molecule has 0 saturated carbocycles. The molecular weight excluding hydrogens is 324 g/mol. The molecule has 1 N–H and O–H groups in total. The Morgan fingerprint density at radius 1 is 1.19 bits per heavy atom. The summed E-state index contributed by atoms with van der Waals surface area (Å²) in [5.74, 6) is 0. The Morgan fingerprint density at radius 3 is 2.81 bits per heavy atom. The lowest BCUT2D eigenvalue weighted by Crippen LogP contribution is -2.08. The molecule has 0 amide bonds. The number of pyridine rings is 1. The van der Waals surface area contributed by atoms with Crippen molar-refractivity contribution < 1.29 is 0 Å². The Bertz CT molecular complexity index is 664. The van der Waals surface area contributed by atoms with E-state index in [-0.39, 0.29) is 0 Å². The van der Waals surface area contributed by atoms with Gasteiger partial charge in [-0.2, -0.15) is 0 Å². The third kappa shape index (κ3) is 2.80. The summed E-state index contributed by atoms with van der Waals surface area (Å²) in [4.78, 5) is 5.03. The van der Waals surface area contributed by atoms with Crippen molar-refractivity contribution in [3.63, 3.8) is 0 Å². The Balaban J connectivity index is 2.26. The number of halogens is 1. The molecule has 0 spiro atoms. The van der Waals surface area contributed by atoms with Gasteiger partial charge in [0.15, 0.2) is 0 Å². The molecule has 0 radical (unpaired) electrons. The Kier molecular flexibility index (Phi) is 4.48. The van der Waals surface area contributed by atoms with E-state index in [2.05, 4.69) is 47.2 Å². The molecule has 0 saturated heterocycles. The predicted octanol–water partition coefficient (Wildman–Crippen LogP) is 5.40. The normalized spacial score (nSPS) is 14.8. The highest BCUT2D eigenvalue weighted by atomic mass is 79.9. The Hall–Kier alpha value is -1.09. The molecule has 3 heteroatoms. The van der Waals surface area contributed by atoms with E-state index in [1.807, 2.05) is 0 Å². The minimum atomic E-state index is 1.03. The van der Waals surface area contributed by atoms with Crippen LogP contribution in [0.5, 0.6) is 0 Å². The number of nitrogens with one attached hydrogen (secondary N) is 1. The number of anilines is 1. The van der Waals surface area contributed by atoms with Crippen molar-refractivity contribution in [2.24, 2.45) is 0 Å². The maximum Gasteiger partial charge on any atom is 0.0766 e. The van der Waals surface area contributed by atoms with Gasteiger partial charge in [-0.05, 0) is 62.3 Å². The van der Waals surface area contributed by atoms with E-state index >= 15 is 0 Å². The summed E-state index contributed by atoms with van der Waals surface area (Å²) >= 11 is 3.64. The second-order valence-electron chi connectivity index (χ2n) is 5.97. The van der Waals surface area contributed by atoms with Crippen LogP contribution in [-0.4, -0.2) is 11.5 Å². The molecule has 2 nitrogen and oxygen atoms in total. The zero-order valence-corrected chi connectivity index (χ0v) is 14.5. The largest absolute Gasteiger partial charge is 0.384 e. The molecule has 1 aliphatic carbocycles. The fourth-order valence-electron chi connectivity index (χ4n) is 3.23. The van der Waals surface area contributed by atoms with E-state index in [9.17, 15) is 0 Å². The van der Waals surface area contributed by atoms with Gasteiger partial charge in [0.25, 0.3) is 0 Å². The first-order chi connectivity index (χ1) is 10.2. The summed E-state index contributed by atoms with van der Waals surface area (Å²) in [6.45, 7) is 5.41. The number of fused-ring (bicyclic) bond motifs is 2. The highest BCUT2D eigenvalue weighted by Gasteiger charge is 2.18. The van der Waals surface area contributed by atoms with Gasteiger partial charge in [0.05, 0.1) is 5.52 Å².